The summed E-state index contributed by atoms with van der Waals surface area (Å²) in [6.07, 6.45) is 0. The standard InChI is InChI=1S/C41H33N11O13S4/c1-20-15-30(32(51(11-13-53)12-14-54)18-29(20)46-50-41-44-27-9-7-22(67(57,58)59)16-33(27)66-41)47-49-36-34(68(60,61)62)17-24-23(37(36)55)8-10-28(38(24)69(63,64)65)45-48-35-21(2)25(19-42)39-43-26-5-3-4-6-31(26)52(39)40(35)56/h3-10,15-18,53-56H,11-14H2,1-2H3,(H,57,58,59)(H,60,61,62)(H,63,64,65). The molecule has 3 aromatic heterocycles. The van der Waals surface area contributed by atoms with Gasteiger partial charge in [0.2, 0.25) is 11.0 Å². The summed E-state index contributed by atoms with van der Waals surface area (Å²) in [5, 5.41) is 76.4. The van der Waals surface area contributed by atoms with E-state index in [-0.39, 0.29) is 62.6 Å². The van der Waals surface area contributed by atoms with Crippen molar-refractivity contribution in [3.63, 3.8) is 0 Å². The fourth-order valence-corrected chi connectivity index (χ4v) is 10.2. The minimum Gasteiger partial charge on any atom is -0.505 e. The molecule has 0 aliphatic carbocycles. The number of thiazole rings is 1. The number of nitrogens with zero attached hydrogens (tertiary/aromatic N) is 11. The molecule has 24 nitrogen and oxygen atoms in total. The van der Waals surface area contributed by atoms with E-state index in [9.17, 15) is 64.6 Å². The maximum Gasteiger partial charge on any atom is 0.297 e. The summed E-state index contributed by atoms with van der Waals surface area (Å²) < 4.78 is 107. The third-order valence-electron chi connectivity index (χ3n) is 10.5. The summed E-state index contributed by atoms with van der Waals surface area (Å²) in [6.45, 7) is 2.01. The first kappa shape index (κ1) is 48.0. The average Bonchev–Trinajstić information content (AvgIpc) is 3.88. The molecule has 0 bridgehead atoms. The number of aliphatic hydroxyl groups excluding tert-OH is 2. The fourth-order valence-electron chi connectivity index (χ4n) is 7.35. The number of aryl methyl sites for hydroxylation is 1. The predicted molar refractivity (Wildman–Crippen MR) is 249 cm³/mol. The zero-order valence-electron chi connectivity index (χ0n) is 35.4. The second-order valence-electron chi connectivity index (χ2n) is 14.8. The molecule has 354 valence electrons. The van der Waals surface area contributed by atoms with Crippen LogP contribution in [0.5, 0.6) is 11.6 Å². The monoisotopic (exact) mass is 1020 g/mol. The number of azo groups is 3. The number of anilines is 1. The van der Waals surface area contributed by atoms with Crippen molar-refractivity contribution in [1.82, 2.24) is 14.4 Å². The number of pyridine rings is 1. The van der Waals surface area contributed by atoms with Gasteiger partial charge in [-0.1, -0.05) is 23.5 Å². The molecule has 0 spiro atoms. The van der Waals surface area contributed by atoms with E-state index in [1.165, 1.54) is 46.6 Å². The lowest BCUT2D eigenvalue weighted by molar-refractivity contribution is 0.281. The van der Waals surface area contributed by atoms with E-state index in [0.29, 0.717) is 32.9 Å². The summed E-state index contributed by atoms with van der Waals surface area (Å²) >= 11 is 0.972. The van der Waals surface area contributed by atoms with Gasteiger partial charge in [-0.15, -0.1) is 30.7 Å². The SMILES string of the molecule is Cc1cc(N=Nc2c(S(=O)(=O)O)cc3c(S(=O)(=O)O)c(N=Nc4c(C)c(C#N)c5nc6ccccc6n5c4O)ccc3c2O)c(N(CCO)CCO)cc1N=Nc1nc2ccc(S(=O)(=O)O)cc2s1. The van der Waals surface area contributed by atoms with Gasteiger partial charge in [-0.2, -0.15) is 30.5 Å². The maximum absolute atomic E-state index is 13.1. The topological polar surface area (TPSA) is 375 Å². The van der Waals surface area contributed by atoms with Crippen LogP contribution in [0.3, 0.4) is 0 Å². The fraction of sp³-hybridized carbons (Fsp3) is 0.146. The number of rotatable bonds is 14. The van der Waals surface area contributed by atoms with Crippen molar-refractivity contribution in [2.24, 2.45) is 30.7 Å². The molecule has 0 saturated heterocycles. The Labute approximate surface area is 393 Å². The molecule has 0 saturated carbocycles. The van der Waals surface area contributed by atoms with Gasteiger partial charge in [0.25, 0.3) is 30.4 Å². The summed E-state index contributed by atoms with van der Waals surface area (Å²) in [5.74, 6) is -1.57. The highest BCUT2D eigenvalue weighted by Gasteiger charge is 2.29. The molecule has 0 aliphatic rings. The molecule has 7 N–H and O–H groups in total. The number of hydrogen-bond acceptors (Lipinski definition) is 21. The number of nitriles is 1. The number of aliphatic hydroxyl groups is 2. The Bertz CT molecular complexity index is 3940. The number of phenolic OH excluding ortho intramolecular Hbond substituents is 1. The van der Waals surface area contributed by atoms with Crippen LogP contribution in [0.25, 0.3) is 37.7 Å². The Morgan fingerprint density at radius 3 is 2.06 bits per heavy atom. The van der Waals surface area contributed by atoms with Crippen LogP contribution < -0.4 is 4.90 Å². The highest BCUT2D eigenvalue weighted by Crippen LogP contribution is 2.47. The van der Waals surface area contributed by atoms with E-state index in [2.05, 4.69) is 40.7 Å². The van der Waals surface area contributed by atoms with E-state index < -0.39 is 87.1 Å². The first-order chi connectivity index (χ1) is 32.6. The number of imidazole rings is 1. The van der Waals surface area contributed by atoms with Gasteiger partial charge >= 0.3 is 0 Å². The average molecular weight is 1020 g/mol. The van der Waals surface area contributed by atoms with Crippen LogP contribution in [0.15, 0.2) is 118 Å². The van der Waals surface area contributed by atoms with E-state index in [4.69, 9.17) is 0 Å². The van der Waals surface area contributed by atoms with Gasteiger partial charge in [0.15, 0.2) is 17.1 Å². The lowest BCUT2D eigenvalue weighted by atomic mass is 10.1. The molecule has 0 radical (unpaired) electrons. The molecule has 3 heterocycles. The number of hydrogen-bond donors (Lipinski definition) is 7. The van der Waals surface area contributed by atoms with Gasteiger partial charge in [0.05, 0.1) is 50.7 Å². The smallest absolute Gasteiger partial charge is 0.297 e. The Morgan fingerprint density at radius 2 is 1.39 bits per heavy atom. The number of phenols is 1. The minimum atomic E-state index is -5.41. The quantitative estimate of drug-likeness (QED) is 0.0401. The van der Waals surface area contributed by atoms with Crippen LogP contribution >= 0.6 is 11.3 Å². The number of aromatic hydroxyl groups is 2. The molecule has 0 amide bonds. The van der Waals surface area contributed by atoms with Crippen molar-refractivity contribution >= 4 is 119 Å². The molecule has 8 rings (SSSR count). The van der Waals surface area contributed by atoms with Crippen molar-refractivity contribution in [3.05, 3.63) is 89.5 Å². The minimum absolute atomic E-state index is 0.00218. The third-order valence-corrected chi connectivity index (χ3v) is 14.1. The molecule has 5 aromatic carbocycles. The molecule has 28 heteroatoms. The van der Waals surface area contributed by atoms with Crippen LogP contribution in [0.1, 0.15) is 16.7 Å². The predicted octanol–water partition coefficient (Wildman–Crippen LogP) is 7.93. The number of aromatic nitrogens is 3. The highest BCUT2D eigenvalue weighted by molar-refractivity contribution is 7.86. The molecular formula is C41H33N11O13S4. The van der Waals surface area contributed by atoms with Gasteiger partial charge in [-0.3, -0.25) is 18.1 Å². The Morgan fingerprint density at radius 1 is 0.710 bits per heavy atom. The summed E-state index contributed by atoms with van der Waals surface area (Å²) in [7, 11) is -15.3. The third kappa shape index (κ3) is 9.15. The van der Waals surface area contributed by atoms with Crippen LogP contribution in [0.2, 0.25) is 0 Å². The molecule has 0 atom stereocenters. The van der Waals surface area contributed by atoms with Crippen LogP contribution in [0.4, 0.5) is 39.3 Å². The Balaban J connectivity index is 1.24. The van der Waals surface area contributed by atoms with Crippen molar-refractivity contribution < 1.29 is 59.3 Å². The summed E-state index contributed by atoms with van der Waals surface area (Å²) in [5.41, 5.74) is 0.237. The van der Waals surface area contributed by atoms with Crippen molar-refractivity contribution in [2.45, 2.75) is 28.5 Å². The largest absolute Gasteiger partial charge is 0.505 e. The zero-order valence-corrected chi connectivity index (χ0v) is 38.7. The van der Waals surface area contributed by atoms with Crippen LogP contribution in [-0.2, 0) is 30.4 Å². The van der Waals surface area contributed by atoms with Gasteiger partial charge < -0.3 is 25.3 Å². The number of benzene rings is 5. The first-order valence-electron chi connectivity index (χ1n) is 19.7. The molecule has 69 heavy (non-hydrogen) atoms. The van der Waals surface area contributed by atoms with Crippen molar-refractivity contribution in [3.8, 4) is 17.7 Å². The van der Waals surface area contributed by atoms with E-state index in [0.717, 1.165) is 23.5 Å². The second kappa shape index (κ2) is 18.2. The van der Waals surface area contributed by atoms with Crippen LogP contribution in [-0.4, -0.2) is 100 Å². The summed E-state index contributed by atoms with van der Waals surface area (Å²) in [6, 6.07) is 18.0. The first-order valence-corrected chi connectivity index (χ1v) is 24.8. The van der Waals surface area contributed by atoms with Gasteiger partial charge in [-0.25, -0.2) is 9.97 Å². The molecule has 8 aromatic rings. The van der Waals surface area contributed by atoms with Crippen molar-refractivity contribution in [2.75, 3.05) is 31.2 Å². The zero-order chi connectivity index (χ0) is 49.7. The van der Waals surface area contributed by atoms with E-state index in [1.54, 1.807) is 31.2 Å². The van der Waals surface area contributed by atoms with Gasteiger partial charge in [0, 0.05) is 29.4 Å². The van der Waals surface area contributed by atoms with E-state index in [1.807, 2.05) is 6.07 Å². The van der Waals surface area contributed by atoms with Crippen LogP contribution in [0, 0.1) is 25.2 Å². The van der Waals surface area contributed by atoms with Crippen molar-refractivity contribution in [1.29, 1.82) is 5.26 Å². The van der Waals surface area contributed by atoms with E-state index >= 15 is 0 Å². The number of para-hydroxylation sites is 2. The highest BCUT2D eigenvalue weighted by atomic mass is 32.2. The second-order valence-corrected chi connectivity index (χ2v) is 20.0. The summed E-state index contributed by atoms with van der Waals surface area (Å²) in [4.78, 5) is 7.60. The lowest BCUT2D eigenvalue weighted by Crippen LogP contribution is -2.29. The Hall–Kier alpha value is -7.46. The molecule has 0 aliphatic heterocycles. The lowest BCUT2D eigenvalue weighted by Gasteiger charge is -2.25. The molecular weight excluding hydrogens is 983 g/mol. The number of fused-ring (bicyclic) bond motifs is 5. The van der Waals surface area contributed by atoms with Gasteiger partial charge in [-0.05, 0) is 80.1 Å². The normalized spacial score (nSPS) is 12.8. The molecule has 0 unspecified atom stereocenters. The maximum atomic E-state index is 13.1. The van der Waals surface area contributed by atoms with Gasteiger partial charge in [0.1, 0.15) is 38.5 Å². The molecule has 0 fully saturated rings. The Kier molecular flexibility index (Phi) is 12.7.